The van der Waals surface area contributed by atoms with Gasteiger partial charge in [-0.15, -0.1) is 0 Å². The quantitative estimate of drug-likeness (QED) is 0.795. The monoisotopic (exact) mass is 347 g/mol. The number of carbonyl (C=O) groups excluding carboxylic acids is 1. The predicted molar refractivity (Wildman–Crippen MR) is 91.3 cm³/mol. The van der Waals surface area contributed by atoms with E-state index in [1.54, 1.807) is 6.07 Å². The van der Waals surface area contributed by atoms with Gasteiger partial charge in [0.1, 0.15) is 11.5 Å². The molecule has 0 aliphatic rings. The van der Waals surface area contributed by atoms with Gasteiger partial charge in [-0.05, 0) is 24.6 Å². The standard InChI is InChI=1S/C18H18ClNO4/c1-11-3-2-4-13(18(11)19)14-8-9-16(22)15(20-14)7-5-12(21)6-10-17(23)24/h2-4,8-9,22H,5-7,10H2,1H3,(H,23,24). The van der Waals surface area contributed by atoms with Crippen LogP contribution >= 0.6 is 11.6 Å². The normalized spacial score (nSPS) is 10.6. The zero-order chi connectivity index (χ0) is 17.7. The molecule has 6 heteroatoms. The van der Waals surface area contributed by atoms with Crippen molar-refractivity contribution in [2.24, 2.45) is 0 Å². The molecule has 0 aliphatic heterocycles. The van der Waals surface area contributed by atoms with Gasteiger partial charge >= 0.3 is 5.97 Å². The average molecular weight is 348 g/mol. The number of carboxylic acid groups (broad SMARTS) is 1. The van der Waals surface area contributed by atoms with Crippen LogP contribution in [0.15, 0.2) is 30.3 Å². The van der Waals surface area contributed by atoms with E-state index in [4.69, 9.17) is 16.7 Å². The van der Waals surface area contributed by atoms with Gasteiger partial charge in [0.15, 0.2) is 0 Å². The Morgan fingerprint density at radius 2 is 1.88 bits per heavy atom. The Hall–Kier alpha value is -2.40. The number of nitrogens with zero attached hydrogens (tertiary/aromatic N) is 1. The molecule has 0 unspecified atom stereocenters. The van der Waals surface area contributed by atoms with Gasteiger partial charge in [-0.2, -0.15) is 0 Å². The minimum Gasteiger partial charge on any atom is -0.506 e. The number of carbonyl (C=O) groups is 2. The fourth-order valence-electron chi connectivity index (χ4n) is 2.30. The van der Waals surface area contributed by atoms with Crippen molar-refractivity contribution in [3.8, 4) is 17.0 Å². The van der Waals surface area contributed by atoms with Crippen molar-refractivity contribution in [2.75, 3.05) is 0 Å². The van der Waals surface area contributed by atoms with Crippen molar-refractivity contribution in [1.82, 2.24) is 4.98 Å². The lowest BCUT2D eigenvalue weighted by atomic mass is 10.1. The third kappa shape index (κ3) is 4.55. The zero-order valence-corrected chi connectivity index (χ0v) is 14.0. The summed E-state index contributed by atoms with van der Waals surface area (Å²) in [6.07, 6.45) is 0.192. The van der Waals surface area contributed by atoms with Crippen LogP contribution in [0, 0.1) is 6.92 Å². The molecule has 24 heavy (non-hydrogen) atoms. The van der Waals surface area contributed by atoms with Gasteiger partial charge in [-0.3, -0.25) is 9.59 Å². The Morgan fingerprint density at radius 3 is 2.58 bits per heavy atom. The zero-order valence-electron chi connectivity index (χ0n) is 13.3. The average Bonchev–Trinajstić information content (AvgIpc) is 2.55. The summed E-state index contributed by atoms with van der Waals surface area (Å²) in [5, 5.41) is 19.1. The lowest BCUT2D eigenvalue weighted by Crippen LogP contribution is -2.05. The number of rotatable bonds is 7. The van der Waals surface area contributed by atoms with Gasteiger partial charge < -0.3 is 10.2 Å². The molecule has 0 amide bonds. The van der Waals surface area contributed by atoms with Gasteiger partial charge in [0.25, 0.3) is 0 Å². The highest BCUT2D eigenvalue weighted by atomic mass is 35.5. The van der Waals surface area contributed by atoms with Crippen LogP contribution in [0.25, 0.3) is 11.3 Å². The highest BCUT2D eigenvalue weighted by molar-refractivity contribution is 6.34. The second-order valence-electron chi connectivity index (χ2n) is 5.53. The van der Waals surface area contributed by atoms with Crippen LogP contribution in [-0.2, 0) is 16.0 Å². The summed E-state index contributed by atoms with van der Waals surface area (Å²) in [5.41, 5.74) is 2.70. The van der Waals surface area contributed by atoms with E-state index < -0.39 is 5.97 Å². The molecule has 126 valence electrons. The summed E-state index contributed by atoms with van der Waals surface area (Å²) < 4.78 is 0. The second kappa shape index (κ2) is 7.93. The Morgan fingerprint density at radius 1 is 1.12 bits per heavy atom. The molecule has 1 aromatic carbocycles. The number of carboxylic acids is 1. The third-order valence-electron chi connectivity index (χ3n) is 3.68. The topological polar surface area (TPSA) is 87.5 Å². The molecule has 0 aliphatic carbocycles. The van der Waals surface area contributed by atoms with Crippen LogP contribution < -0.4 is 0 Å². The molecule has 2 rings (SSSR count). The van der Waals surface area contributed by atoms with Crippen LogP contribution in [0.4, 0.5) is 0 Å². The summed E-state index contributed by atoms with van der Waals surface area (Å²) >= 11 is 6.31. The molecule has 0 spiro atoms. The van der Waals surface area contributed by atoms with E-state index in [0.717, 1.165) is 11.1 Å². The van der Waals surface area contributed by atoms with E-state index in [0.29, 0.717) is 16.4 Å². The van der Waals surface area contributed by atoms with Crippen LogP contribution in [0.1, 0.15) is 30.5 Å². The lowest BCUT2D eigenvalue weighted by Gasteiger charge is -2.09. The number of hydrogen-bond donors (Lipinski definition) is 2. The summed E-state index contributed by atoms with van der Waals surface area (Å²) in [7, 11) is 0. The fraction of sp³-hybridized carbons (Fsp3) is 0.278. The van der Waals surface area contributed by atoms with Crippen molar-refractivity contribution < 1.29 is 19.8 Å². The van der Waals surface area contributed by atoms with Crippen molar-refractivity contribution in [1.29, 1.82) is 0 Å². The SMILES string of the molecule is Cc1cccc(-c2ccc(O)c(CCC(=O)CCC(=O)O)n2)c1Cl. The molecular formula is C18H18ClNO4. The third-order valence-corrected chi connectivity index (χ3v) is 4.18. The number of aromatic hydroxyl groups is 1. The van der Waals surface area contributed by atoms with E-state index in [1.165, 1.54) is 6.07 Å². The number of hydrogen-bond acceptors (Lipinski definition) is 4. The molecule has 0 saturated carbocycles. The number of ketones is 1. The van der Waals surface area contributed by atoms with Gasteiger partial charge in [0.2, 0.25) is 0 Å². The van der Waals surface area contributed by atoms with Crippen LogP contribution in [-0.4, -0.2) is 26.9 Å². The first-order valence-corrected chi connectivity index (χ1v) is 7.94. The molecule has 2 aromatic rings. The summed E-state index contributed by atoms with van der Waals surface area (Å²) in [6, 6.07) is 8.81. The largest absolute Gasteiger partial charge is 0.506 e. The molecule has 1 aromatic heterocycles. The summed E-state index contributed by atoms with van der Waals surface area (Å²) in [4.78, 5) is 26.6. The second-order valence-corrected chi connectivity index (χ2v) is 5.91. The maximum atomic E-state index is 11.7. The lowest BCUT2D eigenvalue weighted by molar-refractivity contribution is -0.138. The first kappa shape index (κ1) is 17.9. The Bertz CT molecular complexity index is 774. The first-order valence-electron chi connectivity index (χ1n) is 7.56. The fourth-order valence-corrected chi connectivity index (χ4v) is 2.53. The number of aromatic nitrogens is 1. The van der Waals surface area contributed by atoms with Gasteiger partial charge in [-0.25, -0.2) is 4.98 Å². The summed E-state index contributed by atoms with van der Waals surface area (Å²) in [6.45, 7) is 1.90. The maximum Gasteiger partial charge on any atom is 0.303 e. The van der Waals surface area contributed by atoms with Crippen molar-refractivity contribution >= 4 is 23.4 Å². The molecule has 0 fully saturated rings. The Labute approximate surface area is 144 Å². The Balaban J connectivity index is 2.16. The number of Topliss-reactive ketones (excluding diaryl/α,β-unsaturated/α-hetero) is 1. The molecule has 1 heterocycles. The van der Waals surface area contributed by atoms with Crippen molar-refractivity contribution in [3.05, 3.63) is 46.6 Å². The van der Waals surface area contributed by atoms with Gasteiger partial charge in [0, 0.05) is 24.8 Å². The number of aryl methyl sites for hydroxylation is 2. The molecule has 0 radical (unpaired) electrons. The van der Waals surface area contributed by atoms with Crippen molar-refractivity contribution in [2.45, 2.75) is 32.6 Å². The van der Waals surface area contributed by atoms with Gasteiger partial charge in [0.05, 0.1) is 22.8 Å². The van der Waals surface area contributed by atoms with Crippen LogP contribution in [0.3, 0.4) is 0 Å². The predicted octanol–water partition coefficient (Wildman–Crippen LogP) is 3.78. The number of benzene rings is 1. The van der Waals surface area contributed by atoms with Crippen molar-refractivity contribution in [3.63, 3.8) is 0 Å². The van der Waals surface area contributed by atoms with Gasteiger partial charge in [-0.1, -0.05) is 29.8 Å². The van der Waals surface area contributed by atoms with E-state index >= 15 is 0 Å². The Kier molecular flexibility index (Phi) is 5.93. The number of pyridine rings is 1. The molecule has 0 bridgehead atoms. The molecular weight excluding hydrogens is 330 g/mol. The van der Waals surface area contributed by atoms with E-state index in [1.807, 2.05) is 25.1 Å². The van der Waals surface area contributed by atoms with E-state index in [-0.39, 0.29) is 37.2 Å². The summed E-state index contributed by atoms with van der Waals surface area (Å²) in [5.74, 6) is -1.16. The van der Waals surface area contributed by atoms with E-state index in [9.17, 15) is 14.7 Å². The first-order chi connectivity index (χ1) is 11.4. The molecule has 0 atom stereocenters. The highest BCUT2D eigenvalue weighted by Crippen LogP contribution is 2.31. The highest BCUT2D eigenvalue weighted by Gasteiger charge is 2.12. The minimum atomic E-state index is -1.000. The minimum absolute atomic E-state index is 0.00793. The smallest absolute Gasteiger partial charge is 0.303 e. The van der Waals surface area contributed by atoms with Crippen LogP contribution in [0.2, 0.25) is 5.02 Å². The molecule has 0 saturated heterocycles. The van der Waals surface area contributed by atoms with Crippen LogP contribution in [0.5, 0.6) is 5.75 Å². The number of halogens is 1. The number of aliphatic carboxylic acids is 1. The molecule has 2 N–H and O–H groups in total. The maximum absolute atomic E-state index is 11.7. The van der Waals surface area contributed by atoms with E-state index in [2.05, 4.69) is 4.98 Å². The molecule has 5 nitrogen and oxygen atoms in total.